The molecule has 1 amide bonds. The van der Waals surface area contributed by atoms with Crippen molar-refractivity contribution < 1.29 is 9.28 Å². The van der Waals surface area contributed by atoms with E-state index < -0.39 is 0 Å². The van der Waals surface area contributed by atoms with Gasteiger partial charge in [0.2, 0.25) is 5.91 Å². The number of piperidine rings is 1. The second-order valence-electron chi connectivity index (χ2n) is 7.36. The Bertz CT molecular complexity index is 794. The van der Waals surface area contributed by atoms with Gasteiger partial charge in [0.1, 0.15) is 6.54 Å². The lowest BCUT2D eigenvalue weighted by Gasteiger charge is -2.38. The number of nitrogens with one attached hydrogen (secondary N) is 1. The molecule has 1 aliphatic heterocycles. The molecule has 1 heterocycles. The lowest BCUT2D eigenvalue weighted by Crippen LogP contribution is -2.46. The molecule has 1 N–H and O–H groups in total. The molecule has 1 aliphatic rings. The van der Waals surface area contributed by atoms with Crippen molar-refractivity contribution in [1.82, 2.24) is 0 Å². The van der Waals surface area contributed by atoms with Gasteiger partial charge < -0.3 is 9.80 Å². The normalized spacial score (nSPS) is 16.5. The fraction of sp³-hybridized carbons (Fsp3) is 0.318. The largest absolute Gasteiger partial charge is 0.322 e. The Morgan fingerprint density at radius 2 is 1.88 bits per heavy atom. The van der Waals surface area contributed by atoms with E-state index in [1.165, 1.54) is 37.9 Å². The van der Waals surface area contributed by atoms with Gasteiger partial charge in [0.25, 0.3) is 0 Å². The van der Waals surface area contributed by atoms with Crippen LogP contribution >= 0.6 is 15.9 Å². The quantitative estimate of drug-likeness (QED) is 0.527. The number of carbonyl (C=O) groups excluding carboxylic acids is 1. The summed E-state index contributed by atoms with van der Waals surface area (Å²) in [5.74, 6) is -0.111. The van der Waals surface area contributed by atoms with Gasteiger partial charge >= 0.3 is 0 Å². The molecule has 0 atom stereocenters. The zero-order chi connectivity index (χ0) is 18.4. The lowest BCUT2D eigenvalue weighted by atomic mass is 10.1. The van der Waals surface area contributed by atoms with Crippen molar-refractivity contribution in [3.8, 4) is 0 Å². The number of quaternary nitrogens is 1. The molecule has 2 aromatic rings. The number of benzene rings is 2. The monoisotopic (exact) mass is 413 g/mol. The molecular formula is C22H26BrN2O+. The molecular weight excluding hydrogens is 388 g/mol. The van der Waals surface area contributed by atoms with Gasteiger partial charge in [0.15, 0.2) is 0 Å². The number of likely N-dealkylation sites (tertiary alicyclic amines) is 1. The molecule has 136 valence electrons. The van der Waals surface area contributed by atoms with Crippen LogP contribution < -0.4 is 5.32 Å². The van der Waals surface area contributed by atoms with Crippen molar-refractivity contribution in [1.29, 1.82) is 0 Å². The van der Waals surface area contributed by atoms with Gasteiger partial charge in [-0.1, -0.05) is 40.2 Å². The van der Waals surface area contributed by atoms with Gasteiger partial charge in [-0.25, -0.2) is 0 Å². The molecule has 0 saturated carbocycles. The average molecular weight is 414 g/mol. The minimum atomic E-state index is -0.111. The zero-order valence-electron chi connectivity index (χ0n) is 15.2. The van der Waals surface area contributed by atoms with Gasteiger partial charge in [-0.3, -0.25) is 4.79 Å². The lowest BCUT2D eigenvalue weighted by molar-refractivity contribution is -0.926. The van der Waals surface area contributed by atoms with Crippen molar-refractivity contribution >= 4 is 33.6 Å². The van der Waals surface area contributed by atoms with Crippen LogP contribution in [0.25, 0.3) is 6.08 Å². The Morgan fingerprint density at radius 1 is 1.12 bits per heavy atom. The summed E-state index contributed by atoms with van der Waals surface area (Å²) in [6.07, 6.45) is 7.38. The zero-order valence-corrected chi connectivity index (χ0v) is 16.8. The van der Waals surface area contributed by atoms with Crippen LogP contribution in [0.1, 0.15) is 30.4 Å². The van der Waals surface area contributed by atoms with Gasteiger partial charge in [0.05, 0.1) is 20.1 Å². The van der Waals surface area contributed by atoms with Gasteiger partial charge in [-0.15, -0.1) is 0 Å². The smallest absolute Gasteiger partial charge is 0.248 e. The Balaban J connectivity index is 1.62. The maximum absolute atomic E-state index is 12.2. The molecule has 1 saturated heterocycles. The molecule has 0 unspecified atom stereocenters. The molecule has 0 aromatic heterocycles. The second kappa shape index (κ2) is 8.65. The molecule has 3 nitrogen and oxygen atoms in total. The predicted molar refractivity (Wildman–Crippen MR) is 112 cm³/mol. The van der Waals surface area contributed by atoms with E-state index in [2.05, 4.69) is 40.4 Å². The third-order valence-electron chi connectivity index (χ3n) is 4.93. The summed E-state index contributed by atoms with van der Waals surface area (Å²) in [6, 6.07) is 16.1. The first-order valence-corrected chi connectivity index (χ1v) is 9.99. The first-order chi connectivity index (χ1) is 12.5. The summed E-state index contributed by atoms with van der Waals surface area (Å²) in [6.45, 7) is 3.51. The number of hydrogen-bond acceptors (Lipinski definition) is 1. The van der Waals surface area contributed by atoms with E-state index in [1.54, 1.807) is 6.08 Å². The highest BCUT2D eigenvalue weighted by Crippen LogP contribution is 2.22. The molecule has 3 rings (SSSR count). The van der Waals surface area contributed by atoms with Crippen LogP contribution in [-0.2, 0) is 11.3 Å². The van der Waals surface area contributed by atoms with E-state index in [0.29, 0.717) is 0 Å². The maximum Gasteiger partial charge on any atom is 0.248 e. The van der Waals surface area contributed by atoms with E-state index in [-0.39, 0.29) is 5.91 Å². The third-order valence-corrected chi connectivity index (χ3v) is 5.42. The third kappa shape index (κ3) is 5.55. The van der Waals surface area contributed by atoms with E-state index in [1.807, 2.05) is 42.5 Å². The fourth-order valence-corrected chi connectivity index (χ4v) is 4.00. The van der Waals surface area contributed by atoms with Gasteiger partial charge in [-0.2, -0.15) is 0 Å². The van der Waals surface area contributed by atoms with Crippen LogP contribution in [-0.4, -0.2) is 30.5 Å². The Morgan fingerprint density at radius 3 is 2.65 bits per heavy atom. The SMILES string of the molecule is C[N+]1(Cc2cccc(NC(=O)/C=C/c3cccc(Br)c3)c2)CCCCC1. The molecule has 0 bridgehead atoms. The highest BCUT2D eigenvalue weighted by molar-refractivity contribution is 9.10. The number of amides is 1. The Hall–Kier alpha value is -1.91. The van der Waals surface area contributed by atoms with Gasteiger partial charge in [-0.05, 0) is 55.2 Å². The van der Waals surface area contributed by atoms with Crippen molar-refractivity contribution in [2.24, 2.45) is 0 Å². The Kier molecular flexibility index (Phi) is 6.28. The van der Waals surface area contributed by atoms with Crippen LogP contribution in [0, 0.1) is 0 Å². The van der Waals surface area contributed by atoms with Crippen molar-refractivity contribution in [3.63, 3.8) is 0 Å². The first-order valence-electron chi connectivity index (χ1n) is 9.20. The first kappa shape index (κ1) is 18.9. The van der Waals surface area contributed by atoms with Crippen molar-refractivity contribution in [2.45, 2.75) is 25.8 Å². The van der Waals surface area contributed by atoms with Crippen LogP contribution in [0.15, 0.2) is 59.1 Å². The molecule has 1 fully saturated rings. The van der Waals surface area contributed by atoms with E-state index in [9.17, 15) is 4.79 Å². The number of rotatable bonds is 5. The maximum atomic E-state index is 12.2. The number of nitrogens with zero attached hydrogens (tertiary/aromatic N) is 1. The summed E-state index contributed by atoms with van der Waals surface area (Å²) in [5, 5.41) is 2.97. The van der Waals surface area contributed by atoms with Gasteiger partial charge in [0, 0.05) is 21.8 Å². The standard InChI is InChI=1S/C22H25BrN2O/c1-25(13-3-2-4-14-25)17-19-8-6-10-21(16-19)24-22(26)12-11-18-7-5-9-20(23)15-18/h5-12,15-16H,2-4,13-14,17H2,1H3/p+1/b12-11+. The highest BCUT2D eigenvalue weighted by Gasteiger charge is 2.24. The molecule has 2 aromatic carbocycles. The van der Waals surface area contributed by atoms with E-state index in [0.717, 1.165) is 26.8 Å². The summed E-state index contributed by atoms with van der Waals surface area (Å²) in [4.78, 5) is 12.2. The molecule has 0 spiro atoms. The van der Waals surface area contributed by atoms with Crippen LogP contribution in [0.2, 0.25) is 0 Å². The minimum Gasteiger partial charge on any atom is -0.322 e. The average Bonchev–Trinajstić information content (AvgIpc) is 2.61. The Labute approximate surface area is 164 Å². The highest BCUT2D eigenvalue weighted by atomic mass is 79.9. The van der Waals surface area contributed by atoms with Crippen LogP contribution in [0.5, 0.6) is 0 Å². The molecule has 26 heavy (non-hydrogen) atoms. The fourth-order valence-electron chi connectivity index (χ4n) is 3.59. The second-order valence-corrected chi connectivity index (χ2v) is 8.28. The predicted octanol–water partition coefficient (Wildman–Crippen LogP) is 5.23. The van der Waals surface area contributed by atoms with E-state index >= 15 is 0 Å². The number of anilines is 1. The summed E-state index contributed by atoms with van der Waals surface area (Å²) >= 11 is 3.44. The van der Waals surface area contributed by atoms with Crippen molar-refractivity contribution in [3.05, 3.63) is 70.2 Å². The molecule has 4 heteroatoms. The number of halogens is 1. The van der Waals surface area contributed by atoms with Crippen LogP contribution in [0.3, 0.4) is 0 Å². The number of hydrogen-bond donors (Lipinski definition) is 1. The van der Waals surface area contributed by atoms with Crippen molar-refractivity contribution in [2.75, 3.05) is 25.5 Å². The van der Waals surface area contributed by atoms with Crippen LogP contribution in [0.4, 0.5) is 5.69 Å². The molecule has 0 aliphatic carbocycles. The van der Waals surface area contributed by atoms with E-state index in [4.69, 9.17) is 0 Å². The topological polar surface area (TPSA) is 29.1 Å². The summed E-state index contributed by atoms with van der Waals surface area (Å²) in [5.41, 5.74) is 3.13. The number of carbonyl (C=O) groups is 1. The summed E-state index contributed by atoms with van der Waals surface area (Å²) in [7, 11) is 2.34. The minimum absolute atomic E-state index is 0.111. The summed E-state index contributed by atoms with van der Waals surface area (Å²) < 4.78 is 2.10. The molecule has 0 radical (unpaired) electrons.